The first-order valence-electron chi connectivity index (χ1n) is 8.79. The molecule has 0 bridgehead atoms. The second-order valence-electron chi connectivity index (χ2n) is 6.72. The zero-order valence-corrected chi connectivity index (χ0v) is 14.2. The molecule has 2 heterocycles. The smallest absolute Gasteiger partial charge is 0.240 e. The summed E-state index contributed by atoms with van der Waals surface area (Å²) in [7, 11) is 0. The van der Waals surface area contributed by atoms with E-state index in [9.17, 15) is 14.4 Å². The molecular weight excluding hydrogens is 336 g/mol. The molecule has 1 aromatic rings. The fraction of sp³-hybridized carbons (Fsp3) is 0.421. The fourth-order valence-electron chi connectivity index (χ4n) is 3.62. The molecule has 136 valence electrons. The lowest BCUT2D eigenvalue weighted by atomic mass is 9.85. The summed E-state index contributed by atoms with van der Waals surface area (Å²) in [5, 5.41) is 2.73. The maximum atomic E-state index is 12.4. The molecule has 26 heavy (non-hydrogen) atoms. The first-order chi connectivity index (χ1) is 12.6. The molecular formula is C19H20N2O5. The molecule has 0 aromatic heterocycles. The number of nitrogens with zero attached hydrogens (tertiary/aromatic N) is 1. The SMILES string of the molecule is O=C(CN1C(=O)[C@H]2CC=CC[C@H]2C1=O)NC[C@H]1COc2ccccc2O1. The number of fused-ring (bicyclic) bond motifs is 2. The highest BCUT2D eigenvalue weighted by Crippen LogP contribution is 2.35. The number of hydrogen-bond donors (Lipinski definition) is 1. The summed E-state index contributed by atoms with van der Waals surface area (Å²) in [5.41, 5.74) is 0. The average Bonchev–Trinajstić information content (AvgIpc) is 2.91. The third kappa shape index (κ3) is 3.05. The van der Waals surface area contributed by atoms with E-state index in [2.05, 4.69) is 5.32 Å². The van der Waals surface area contributed by atoms with Crippen molar-refractivity contribution in [2.24, 2.45) is 11.8 Å². The van der Waals surface area contributed by atoms with Crippen LogP contribution >= 0.6 is 0 Å². The molecule has 7 heteroatoms. The summed E-state index contributed by atoms with van der Waals surface area (Å²) < 4.78 is 11.4. The second-order valence-corrected chi connectivity index (χ2v) is 6.72. The maximum Gasteiger partial charge on any atom is 0.240 e. The minimum absolute atomic E-state index is 0.241. The van der Waals surface area contributed by atoms with E-state index in [0.29, 0.717) is 30.9 Å². The van der Waals surface area contributed by atoms with Gasteiger partial charge in [0, 0.05) is 0 Å². The summed E-state index contributed by atoms with van der Waals surface area (Å²) in [6.45, 7) is 0.335. The highest BCUT2D eigenvalue weighted by molar-refractivity contribution is 6.07. The number of ether oxygens (including phenoxy) is 2. The molecule has 0 spiro atoms. The standard InChI is InChI=1S/C19H20N2O5/c22-17(10-21-18(23)13-5-1-2-6-14(13)19(21)24)20-9-12-11-25-15-7-3-4-8-16(15)26-12/h1-4,7-8,12-14H,5-6,9-11H2,(H,20,22)/t12-,13-,14+/m0/s1. The van der Waals surface area contributed by atoms with Crippen LogP contribution in [0.3, 0.4) is 0 Å². The molecule has 1 N–H and O–H groups in total. The van der Waals surface area contributed by atoms with Crippen molar-refractivity contribution >= 4 is 17.7 Å². The Morgan fingerprint density at radius 2 is 1.73 bits per heavy atom. The van der Waals surface area contributed by atoms with Crippen LogP contribution in [0.15, 0.2) is 36.4 Å². The van der Waals surface area contributed by atoms with Gasteiger partial charge < -0.3 is 14.8 Å². The number of para-hydroxylation sites is 2. The largest absolute Gasteiger partial charge is 0.486 e. The first kappa shape index (κ1) is 16.6. The van der Waals surface area contributed by atoms with Crippen LogP contribution in [0.5, 0.6) is 11.5 Å². The number of carbonyl (C=O) groups is 3. The molecule has 2 aliphatic heterocycles. The third-order valence-corrected chi connectivity index (χ3v) is 5.00. The van der Waals surface area contributed by atoms with Crippen molar-refractivity contribution in [3.63, 3.8) is 0 Å². The zero-order chi connectivity index (χ0) is 18.1. The lowest BCUT2D eigenvalue weighted by Gasteiger charge is -2.26. The quantitative estimate of drug-likeness (QED) is 0.640. The summed E-state index contributed by atoms with van der Waals surface area (Å²) in [4.78, 5) is 38.1. The van der Waals surface area contributed by atoms with Gasteiger partial charge in [0.05, 0.1) is 18.4 Å². The van der Waals surface area contributed by atoms with Crippen molar-refractivity contribution in [2.75, 3.05) is 19.7 Å². The predicted octanol–water partition coefficient (Wildman–Crippen LogP) is 0.894. The maximum absolute atomic E-state index is 12.4. The van der Waals surface area contributed by atoms with Crippen LogP contribution in [0, 0.1) is 11.8 Å². The lowest BCUT2D eigenvalue weighted by Crippen LogP contribution is -2.45. The summed E-state index contributed by atoms with van der Waals surface area (Å²) in [6, 6.07) is 7.34. The molecule has 1 aromatic carbocycles. The highest BCUT2D eigenvalue weighted by Gasteiger charge is 2.47. The van der Waals surface area contributed by atoms with Gasteiger partial charge in [-0.1, -0.05) is 24.3 Å². The van der Waals surface area contributed by atoms with E-state index in [1.165, 1.54) is 0 Å². The van der Waals surface area contributed by atoms with E-state index in [0.717, 1.165) is 4.90 Å². The van der Waals surface area contributed by atoms with E-state index in [-0.39, 0.29) is 48.8 Å². The molecule has 7 nitrogen and oxygen atoms in total. The number of imide groups is 1. The van der Waals surface area contributed by atoms with Crippen molar-refractivity contribution in [1.29, 1.82) is 0 Å². The first-order valence-corrected chi connectivity index (χ1v) is 8.79. The minimum Gasteiger partial charge on any atom is -0.486 e. The Balaban J connectivity index is 1.30. The van der Waals surface area contributed by atoms with Crippen molar-refractivity contribution in [3.05, 3.63) is 36.4 Å². The molecule has 3 atom stereocenters. The van der Waals surface area contributed by atoms with E-state index >= 15 is 0 Å². The molecule has 1 saturated heterocycles. The third-order valence-electron chi connectivity index (χ3n) is 5.00. The van der Waals surface area contributed by atoms with Crippen LogP contribution in [0.4, 0.5) is 0 Å². The Morgan fingerprint density at radius 3 is 2.42 bits per heavy atom. The molecule has 3 amide bonds. The van der Waals surface area contributed by atoms with Crippen molar-refractivity contribution in [2.45, 2.75) is 18.9 Å². The van der Waals surface area contributed by atoms with Gasteiger partial charge in [0.15, 0.2) is 11.5 Å². The molecule has 1 aliphatic carbocycles. The Labute approximate surface area is 150 Å². The number of hydrogen-bond acceptors (Lipinski definition) is 5. The molecule has 1 fully saturated rings. The highest BCUT2D eigenvalue weighted by atomic mass is 16.6. The Bertz CT molecular complexity index is 749. The summed E-state index contributed by atoms with van der Waals surface area (Å²) in [5.74, 6) is -0.171. The summed E-state index contributed by atoms with van der Waals surface area (Å²) in [6.07, 6.45) is 4.67. The van der Waals surface area contributed by atoms with Gasteiger partial charge in [-0.3, -0.25) is 19.3 Å². The number of amides is 3. The van der Waals surface area contributed by atoms with Crippen LogP contribution < -0.4 is 14.8 Å². The van der Waals surface area contributed by atoms with Crippen LogP contribution in [0.1, 0.15) is 12.8 Å². The van der Waals surface area contributed by atoms with Gasteiger partial charge >= 0.3 is 0 Å². The second kappa shape index (κ2) is 6.82. The normalized spacial score (nSPS) is 26.6. The molecule has 0 radical (unpaired) electrons. The predicted molar refractivity (Wildman–Crippen MR) is 91.4 cm³/mol. The van der Waals surface area contributed by atoms with Crippen LogP contribution in [-0.4, -0.2) is 48.4 Å². The number of benzene rings is 1. The van der Waals surface area contributed by atoms with Crippen molar-refractivity contribution < 1.29 is 23.9 Å². The van der Waals surface area contributed by atoms with Gasteiger partial charge in [0.2, 0.25) is 17.7 Å². The number of carbonyl (C=O) groups excluding carboxylic acids is 3. The number of nitrogens with one attached hydrogen (secondary N) is 1. The van der Waals surface area contributed by atoms with Gasteiger partial charge in [-0.25, -0.2) is 0 Å². The van der Waals surface area contributed by atoms with Crippen molar-refractivity contribution in [1.82, 2.24) is 10.2 Å². The number of allylic oxidation sites excluding steroid dienone is 2. The van der Waals surface area contributed by atoms with Gasteiger partial charge in [0.1, 0.15) is 19.3 Å². The van der Waals surface area contributed by atoms with Gasteiger partial charge in [-0.2, -0.15) is 0 Å². The Hall–Kier alpha value is -2.83. The molecule has 0 unspecified atom stereocenters. The lowest BCUT2D eigenvalue weighted by molar-refractivity contribution is -0.143. The number of rotatable bonds is 4. The summed E-state index contributed by atoms with van der Waals surface area (Å²) >= 11 is 0. The Kier molecular flexibility index (Phi) is 4.36. The average molecular weight is 356 g/mol. The van der Waals surface area contributed by atoms with Crippen LogP contribution in [0.25, 0.3) is 0 Å². The van der Waals surface area contributed by atoms with E-state index < -0.39 is 0 Å². The molecule has 4 rings (SSSR count). The topological polar surface area (TPSA) is 84.9 Å². The minimum atomic E-state index is -0.374. The van der Waals surface area contributed by atoms with E-state index in [4.69, 9.17) is 9.47 Å². The zero-order valence-electron chi connectivity index (χ0n) is 14.2. The van der Waals surface area contributed by atoms with Gasteiger partial charge in [0.25, 0.3) is 0 Å². The van der Waals surface area contributed by atoms with Gasteiger partial charge in [-0.05, 0) is 25.0 Å². The molecule has 0 saturated carbocycles. The van der Waals surface area contributed by atoms with Crippen molar-refractivity contribution in [3.8, 4) is 11.5 Å². The van der Waals surface area contributed by atoms with Crippen LogP contribution in [0.2, 0.25) is 0 Å². The van der Waals surface area contributed by atoms with Gasteiger partial charge in [-0.15, -0.1) is 0 Å². The molecule has 3 aliphatic rings. The number of likely N-dealkylation sites (tertiary alicyclic amines) is 1. The van der Waals surface area contributed by atoms with E-state index in [1.807, 2.05) is 30.4 Å². The Morgan fingerprint density at radius 1 is 1.08 bits per heavy atom. The van der Waals surface area contributed by atoms with E-state index in [1.54, 1.807) is 6.07 Å². The monoisotopic (exact) mass is 356 g/mol. The fourth-order valence-corrected chi connectivity index (χ4v) is 3.62. The van der Waals surface area contributed by atoms with Crippen LogP contribution in [-0.2, 0) is 14.4 Å².